The summed E-state index contributed by atoms with van der Waals surface area (Å²) in [6, 6.07) is 0.977. The highest BCUT2D eigenvalue weighted by Gasteiger charge is 2.43. The van der Waals surface area contributed by atoms with Gasteiger partial charge in [0, 0.05) is 6.92 Å². The van der Waals surface area contributed by atoms with Gasteiger partial charge in [0.05, 0.1) is 15.6 Å². The smallest absolute Gasteiger partial charge is 0.383 e. The molecule has 1 unspecified atom stereocenters. The number of aromatic nitrogens is 4. The third kappa shape index (κ3) is 3.98. The second-order valence-corrected chi connectivity index (χ2v) is 7.84. The van der Waals surface area contributed by atoms with E-state index in [0.29, 0.717) is 16.8 Å². The molecule has 0 radical (unpaired) electrons. The van der Waals surface area contributed by atoms with Crippen LogP contribution in [-0.4, -0.2) is 29.6 Å². The fourth-order valence-corrected chi connectivity index (χ4v) is 3.82. The Morgan fingerprint density at radius 2 is 1.70 bits per heavy atom. The summed E-state index contributed by atoms with van der Waals surface area (Å²) in [6.07, 6.45) is -4.79. The first-order chi connectivity index (χ1) is 13.7. The molecule has 0 saturated carbocycles. The van der Waals surface area contributed by atoms with E-state index < -0.39 is 66.0 Å². The summed E-state index contributed by atoms with van der Waals surface area (Å²) in [5.74, 6) is -1.37. The molecule has 2 aromatic heterocycles. The molecule has 1 atom stereocenters. The van der Waals surface area contributed by atoms with Gasteiger partial charge >= 0.3 is 11.7 Å². The molecule has 7 nitrogen and oxygen atoms in total. The average molecular weight is 494 g/mol. The average Bonchev–Trinajstić information content (AvgIpc) is 3.16. The zero-order valence-electron chi connectivity index (χ0n) is 14.3. The van der Waals surface area contributed by atoms with E-state index in [9.17, 15) is 30.6 Å². The van der Waals surface area contributed by atoms with Crippen LogP contribution in [0.2, 0.25) is 10.0 Å². The number of nitrogen functional groups attached to an aromatic ring is 1. The molecule has 2 N–H and O–H groups in total. The van der Waals surface area contributed by atoms with Gasteiger partial charge in [0.15, 0.2) is 16.5 Å². The minimum Gasteiger partial charge on any atom is -0.383 e. The fourth-order valence-electron chi connectivity index (χ4n) is 2.36. The van der Waals surface area contributed by atoms with Crippen LogP contribution in [-0.2, 0) is 17.0 Å². The molecule has 0 aliphatic heterocycles. The van der Waals surface area contributed by atoms with Gasteiger partial charge in [-0.2, -0.15) is 36.4 Å². The zero-order valence-corrected chi connectivity index (χ0v) is 16.6. The lowest BCUT2D eigenvalue weighted by Crippen LogP contribution is -2.18. The first kappa shape index (κ1) is 22.4. The van der Waals surface area contributed by atoms with Gasteiger partial charge in [0.1, 0.15) is 16.4 Å². The third-order valence-corrected chi connectivity index (χ3v) is 5.34. The highest BCUT2D eigenvalue weighted by Crippen LogP contribution is 2.41. The molecule has 0 spiro atoms. The SMILES string of the molecule is Cc1nc(-c2nn(-c3c(Cl)cc(C(F)(F)F)cc3Cl)c(N)c2S(=O)C(F)(F)F)no1. The minimum atomic E-state index is -5.25. The predicted molar refractivity (Wildman–Crippen MR) is 93.5 cm³/mol. The van der Waals surface area contributed by atoms with Crippen molar-refractivity contribution in [1.29, 1.82) is 0 Å². The molecule has 0 bridgehead atoms. The van der Waals surface area contributed by atoms with Gasteiger partial charge in [0.2, 0.25) is 11.7 Å². The van der Waals surface area contributed by atoms with Crippen LogP contribution in [0.25, 0.3) is 17.2 Å². The number of halogens is 8. The van der Waals surface area contributed by atoms with Gasteiger partial charge < -0.3 is 10.3 Å². The van der Waals surface area contributed by atoms with Crippen molar-refractivity contribution in [3.63, 3.8) is 0 Å². The van der Waals surface area contributed by atoms with E-state index in [1.165, 1.54) is 6.92 Å². The zero-order chi connectivity index (χ0) is 22.6. The molecule has 162 valence electrons. The highest BCUT2D eigenvalue weighted by atomic mass is 35.5. The van der Waals surface area contributed by atoms with E-state index in [4.69, 9.17) is 28.9 Å². The van der Waals surface area contributed by atoms with E-state index >= 15 is 0 Å². The molecule has 0 aliphatic rings. The maximum atomic E-state index is 13.1. The van der Waals surface area contributed by atoms with Crippen LogP contribution < -0.4 is 5.73 Å². The van der Waals surface area contributed by atoms with Crippen molar-refractivity contribution < 1.29 is 35.1 Å². The van der Waals surface area contributed by atoms with E-state index in [2.05, 4.69) is 19.8 Å². The molecule has 2 heterocycles. The quantitative estimate of drug-likeness (QED) is 0.527. The van der Waals surface area contributed by atoms with Crippen molar-refractivity contribution in [3.05, 3.63) is 33.6 Å². The normalized spacial score (nSPS) is 13.6. The van der Waals surface area contributed by atoms with Crippen molar-refractivity contribution in [1.82, 2.24) is 19.9 Å². The van der Waals surface area contributed by atoms with Gasteiger partial charge in [-0.15, -0.1) is 0 Å². The first-order valence-electron chi connectivity index (χ1n) is 7.46. The largest absolute Gasteiger partial charge is 0.476 e. The standard InChI is InChI=1S/C14H7Cl2F6N5O2S/c1-4-24-12(26-29-4)8-10(30(28)14(20,21)22)11(23)27(25-8)9-6(15)2-5(3-7(9)16)13(17,18)19/h2-3H,23H2,1H3. The Bertz CT molecular complexity index is 1130. The van der Waals surface area contributed by atoms with E-state index in [0.717, 1.165) is 0 Å². The Balaban J connectivity index is 2.30. The van der Waals surface area contributed by atoms with Gasteiger partial charge in [-0.25, -0.2) is 8.89 Å². The lowest BCUT2D eigenvalue weighted by molar-refractivity contribution is -0.137. The van der Waals surface area contributed by atoms with Crippen molar-refractivity contribution in [3.8, 4) is 17.2 Å². The summed E-state index contributed by atoms with van der Waals surface area (Å²) < 4.78 is 95.5. The molecular formula is C14H7Cl2F6N5O2S. The maximum Gasteiger partial charge on any atom is 0.476 e. The third-order valence-electron chi connectivity index (χ3n) is 3.57. The molecule has 0 aliphatic carbocycles. The molecule has 3 rings (SSSR count). The van der Waals surface area contributed by atoms with Crippen LogP contribution in [0.4, 0.5) is 32.2 Å². The number of hydrogen-bond donors (Lipinski definition) is 1. The first-order valence-corrected chi connectivity index (χ1v) is 9.36. The topological polar surface area (TPSA) is 99.8 Å². The monoisotopic (exact) mass is 493 g/mol. The van der Waals surface area contributed by atoms with Crippen LogP contribution in [0.1, 0.15) is 11.5 Å². The number of nitrogens with two attached hydrogens (primary N) is 1. The van der Waals surface area contributed by atoms with Gasteiger partial charge in [-0.05, 0) is 12.1 Å². The molecule has 0 amide bonds. The maximum absolute atomic E-state index is 13.1. The highest BCUT2D eigenvalue weighted by molar-refractivity contribution is 7.86. The lowest BCUT2D eigenvalue weighted by atomic mass is 10.2. The number of rotatable bonds is 3. The van der Waals surface area contributed by atoms with Crippen LogP contribution in [0.15, 0.2) is 21.6 Å². The lowest BCUT2D eigenvalue weighted by Gasteiger charge is -2.13. The molecule has 0 fully saturated rings. The van der Waals surface area contributed by atoms with E-state index in [1.54, 1.807) is 0 Å². The Hall–Kier alpha value is -2.32. The number of alkyl halides is 6. The summed E-state index contributed by atoms with van der Waals surface area (Å²) in [6.45, 7) is 1.33. The molecular weight excluding hydrogens is 487 g/mol. The number of benzene rings is 1. The van der Waals surface area contributed by atoms with Crippen LogP contribution in [0.3, 0.4) is 0 Å². The number of anilines is 1. The number of nitrogens with zero attached hydrogens (tertiary/aromatic N) is 4. The van der Waals surface area contributed by atoms with Gasteiger partial charge in [-0.1, -0.05) is 28.4 Å². The minimum absolute atomic E-state index is 0.0487. The van der Waals surface area contributed by atoms with Crippen molar-refractivity contribution in [2.45, 2.75) is 23.5 Å². The Morgan fingerprint density at radius 3 is 2.13 bits per heavy atom. The van der Waals surface area contributed by atoms with Crippen molar-refractivity contribution in [2.75, 3.05) is 5.73 Å². The van der Waals surface area contributed by atoms with Crippen molar-refractivity contribution in [2.24, 2.45) is 0 Å². The summed E-state index contributed by atoms with van der Waals surface area (Å²) in [4.78, 5) is 2.69. The summed E-state index contributed by atoms with van der Waals surface area (Å²) in [7, 11) is -3.70. The van der Waals surface area contributed by atoms with Crippen molar-refractivity contribution >= 4 is 39.8 Å². The van der Waals surface area contributed by atoms with Crippen LogP contribution in [0, 0.1) is 6.92 Å². The molecule has 1 aromatic carbocycles. The van der Waals surface area contributed by atoms with Crippen LogP contribution in [0.5, 0.6) is 0 Å². The Labute approximate surface area is 175 Å². The molecule has 16 heteroatoms. The van der Waals surface area contributed by atoms with Gasteiger partial charge in [-0.3, -0.25) is 0 Å². The molecule has 0 saturated heterocycles. The Kier molecular flexibility index (Phi) is 5.54. The second-order valence-electron chi connectivity index (χ2n) is 5.61. The van der Waals surface area contributed by atoms with E-state index in [1.807, 2.05) is 0 Å². The van der Waals surface area contributed by atoms with E-state index in [-0.39, 0.29) is 5.89 Å². The summed E-state index contributed by atoms with van der Waals surface area (Å²) in [5, 5.41) is 5.95. The van der Waals surface area contributed by atoms with Crippen LogP contribution >= 0.6 is 23.2 Å². The fraction of sp³-hybridized carbons (Fsp3) is 0.214. The summed E-state index contributed by atoms with van der Waals surface area (Å²) >= 11 is 11.8. The predicted octanol–water partition coefficient (Wildman–Crippen LogP) is 4.77. The Morgan fingerprint density at radius 1 is 1.13 bits per heavy atom. The molecule has 30 heavy (non-hydrogen) atoms. The molecule has 3 aromatic rings. The summed E-state index contributed by atoms with van der Waals surface area (Å²) in [5.41, 5.74) is -1.87. The number of aryl methyl sites for hydroxylation is 1. The number of hydrogen-bond acceptors (Lipinski definition) is 6. The van der Waals surface area contributed by atoms with Gasteiger partial charge in [0.25, 0.3) is 0 Å². The second kappa shape index (κ2) is 7.42.